The van der Waals surface area contributed by atoms with Crippen LogP contribution in [-0.4, -0.2) is 15.0 Å². The number of fused-ring (bicyclic) bond motifs is 6. The van der Waals surface area contributed by atoms with E-state index >= 15 is 0 Å². The molecule has 8 aromatic carbocycles. The summed E-state index contributed by atoms with van der Waals surface area (Å²) in [7, 11) is 0. The van der Waals surface area contributed by atoms with E-state index in [9.17, 15) is 0 Å². The molecule has 0 atom stereocenters. The van der Waals surface area contributed by atoms with Gasteiger partial charge in [-0.25, -0.2) is 15.0 Å². The minimum atomic E-state index is 0.659. The third kappa shape index (κ3) is 4.41. The van der Waals surface area contributed by atoms with Crippen molar-refractivity contribution < 1.29 is 0 Å². The van der Waals surface area contributed by atoms with Crippen LogP contribution in [0, 0.1) is 0 Å². The van der Waals surface area contributed by atoms with Gasteiger partial charge < -0.3 is 0 Å². The zero-order valence-electron chi connectivity index (χ0n) is 24.9. The molecule has 46 heavy (non-hydrogen) atoms. The second-order valence-corrected chi connectivity index (χ2v) is 11.6. The van der Waals surface area contributed by atoms with Crippen LogP contribution in [-0.2, 0) is 0 Å². The molecule has 0 amide bonds. The first-order valence-corrected chi connectivity index (χ1v) is 15.5. The average Bonchev–Trinajstić information content (AvgIpc) is 3.14. The van der Waals surface area contributed by atoms with Gasteiger partial charge in [-0.1, -0.05) is 152 Å². The van der Waals surface area contributed by atoms with Gasteiger partial charge in [-0.15, -0.1) is 0 Å². The molecule has 0 aliphatic rings. The van der Waals surface area contributed by atoms with Crippen molar-refractivity contribution in [1.82, 2.24) is 15.0 Å². The first-order valence-electron chi connectivity index (χ1n) is 15.5. The minimum Gasteiger partial charge on any atom is -0.208 e. The van der Waals surface area contributed by atoms with Crippen LogP contribution in [0.25, 0.3) is 88.4 Å². The van der Waals surface area contributed by atoms with Crippen LogP contribution in [0.5, 0.6) is 0 Å². The van der Waals surface area contributed by atoms with Gasteiger partial charge in [0.1, 0.15) is 0 Å². The fraction of sp³-hybridized carbons (Fsp3) is 0. The van der Waals surface area contributed by atoms with E-state index < -0.39 is 0 Å². The lowest BCUT2D eigenvalue weighted by atomic mass is 9.92. The van der Waals surface area contributed by atoms with Gasteiger partial charge in [0, 0.05) is 16.7 Å². The maximum atomic E-state index is 5.02. The Morgan fingerprint density at radius 1 is 0.261 bits per heavy atom. The number of aromatic nitrogens is 3. The Kier molecular flexibility index (Phi) is 6.14. The highest BCUT2D eigenvalue weighted by Gasteiger charge is 2.16. The van der Waals surface area contributed by atoms with E-state index in [2.05, 4.69) is 103 Å². The lowest BCUT2D eigenvalue weighted by Crippen LogP contribution is -2.00. The molecule has 9 rings (SSSR count). The predicted octanol–water partition coefficient (Wildman–Crippen LogP) is 11.2. The summed E-state index contributed by atoms with van der Waals surface area (Å²) in [5, 5.41) is 9.88. The zero-order chi connectivity index (χ0) is 30.5. The molecule has 0 unspecified atom stereocenters. The van der Waals surface area contributed by atoms with Crippen molar-refractivity contribution in [2.75, 3.05) is 0 Å². The van der Waals surface area contributed by atoms with Crippen LogP contribution in [0.3, 0.4) is 0 Å². The Labute approximate surface area is 266 Å². The Hall–Kier alpha value is -6.19. The van der Waals surface area contributed by atoms with Crippen LogP contribution in [0.1, 0.15) is 0 Å². The Morgan fingerprint density at radius 2 is 0.739 bits per heavy atom. The van der Waals surface area contributed by atoms with Crippen molar-refractivity contribution in [2.45, 2.75) is 0 Å². The molecule has 3 nitrogen and oxygen atoms in total. The number of nitrogens with zero attached hydrogens (tertiary/aromatic N) is 3. The van der Waals surface area contributed by atoms with E-state index in [1.54, 1.807) is 0 Å². The summed E-state index contributed by atoms with van der Waals surface area (Å²) in [5.41, 5.74) is 5.26. The molecular weight excluding hydrogens is 558 g/mol. The largest absolute Gasteiger partial charge is 0.208 e. The van der Waals surface area contributed by atoms with Crippen molar-refractivity contribution in [1.29, 1.82) is 0 Å². The van der Waals surface area contributed by atoms with E-state index in [4.69, 9.17) is 15.0 Å². The number of benzene rings is 8. The van der Waals surface area contributed by atoms with Crippen molar-refractivity contribution in [3.63, 3.8) is 0 Å². The molecule has 0 aliphatic carbocycles. The molecule has 0 saturated heterocycles. The normalized spacial score (nSPS) is 11.5. The van der Waals surface area contributed by atoms with Gasteiger partial charge in [0.15, 0.2) is 17.5 Å². The second-order valence-electron chi connectivity index (χ2n) is 11.6. The zero-order valence-corrected chi connectivity index (χ0v) is 24.9. The van der Waals surface area contributed by atoms with Crippen LogP contribution < -0.4 is 0 Å². The van der Waals surface area contributed by atoms with Crippen LogP contribution in [0.4, 0.5) is 0 Å². The lowest BCUT2D eigenvalue weighted by molar-refractivity contribution is 1.08. The Balaban J connectivity index is 1.21. The predicted molar refractivity (Wildman–Crippen MR) is 192 cm³/mol. The summed E-state index contributed by atoms with van der Waals surface area (Å²) < 4.78 is 0. The molecule has 0 saturated carbocycles. The quantitative estimate of drug-likeness (QED) is 0.193. The summed E-state index contributed by atoms with van der Waals surface area (Å²) in [4.78, 5) is 14.9. The molecule has 0 N–H and O–H groups in total. The molecule has 9 aromatic rings. The van der Waals surface area contributed by atoms with E-state index in [1.165, 1.54) is 43.4 Å². The van der Waals surface area contributed by atoms with E-state index in [1.807, 2.05) is 60.7 Å². The summed E-state index contributed by atoms with van der Waals surface area (Å²) in [6, 6.07) is 57.6. The number of rotatable bonds is 4. The molecule has 0 radical (unpaired) electrons. The summed E-state index contributed by atoms with van der Waals surface area (Å²) in [5.74, 6) is 1.98. The minimum absolute atomic E-state index is 0.659. The molecule has 1 aromatic heterocycles. The standard InChI is InChI=1S/C43H27N3/c1-3-12-29(13-4-1)41-44-42(30-14-5-2-6-15-30)46-43(45-41)40-26-25-35(36-17-9-10-18-37(36)40)31-20-22-34-32(27-31)21-24-38-33-16-8-7-11-28(33)19-23-39(34)38/h1-27H. The molecule has 0 aliphatic heterocycles. The van der Waals surface area contributed by atoms with Crippen LogP contribution in [0.15, 0.2) is 164 Å². The first kappa shape index (κ1) is 26.2. The molecule has 0 fully saturated rings. The molecule has 214 valence electrons. The summed E-state index contributed by atoms with van der Waals surface area (Å²) in [6.07, 6.45) is 0. The van der Waals surface area contributed by atoms with Crippen molar-refractivity contribution in [2.24, 2.45) is 0 Å². The van der Waals surface area contributed by atoms with Gasteiger partial charge in [0.25, 0.3) is 0 Å². The molecule has 1 heterocycles. The van der Waals surface area contributed by atoms with Crippen LogP contribution >= 0.6 is 0 Å². The van der Waals surface area contributed by atoms with Gasteiger partial charge in [-0.3, -0.25) is 0 Å². The number of hydrogen-bond donors (Lipinski definition) is 0. The van der Waals surface area contributed by atoms with Gasteiger partial charge >= 0.3 is 0 Å². The van der Waals surface area contributed by atoms with Crippen molar-refractivity contribution >= 4 is 43.1 Å². The van der Waals surface area contributed by atoms with E-state index in [-0.39, 0.29) is 0 Å². The highest BCUT2D eigenvalue weighted by Crippen LogP contribution is 2.38. The first-order chi connectivity index (χ1) is 22.8. The van der Waals surface area contributed by atoms with E-state index in [0.717, 1.165) is 27.5 Å². The molecular formula is C43H27N3. The maximum Gasteiger partial charge on any atom is 0.164 e. The van der Waals surface area contributed by atoms with Crippen molar-refractivity contribution in [3.05, 3.63) is 164 Å². The number of hydrogen-bond acceptors (Lipinski definition) is 3. The molecule has 0 spiro atoms. The van der Waals surface area contributed by atoms with Crippen LogP contribution in [0.2, 0.25) is 0 Å². The summed E-state index contributed by atoms with van der Waals surface area (Å²) in [6.45, 7) is 0. The second kappa shape index (κ2) is 10.8. The Morgan fingerprint density at radius 3 is 1.41 bits per heavy atom. The third-order valence-electron chi connectivity index (χ3n) is 8.92. The average molecular weight is 586 g/mol. The van der Waals surface area contributed by atoms with Gasteiger partial charge in [-0.2, -0.15) is 0 Å². The third-order valence-corrected chi connectivity index (χ3v) is 8.92. The monoisotopic (exact) mass is 585 g/mol. The molecule has 3 heteroatoms. The fourth-order valence-corrected chi connectivity index (χ4v) is 6.67. The van der Waals surface area contributed by atoms with Gasteiger partial charge in [-0.05, 0) is 66.3 Å². The molecule has 0 bridgehead atoms. The topological polar surface area (TPSA) is 38.7 Å². The van der Waals surface area contributed by atoms with Gasteiger partial charge in [0.05, 0.1) is 0 Å². The fourth-order valence-electron chi connectivity index (χ4n) is 6.67. The smallest absolute Gasteiger partial charge is 0.164 e. The maximum absolute atomic E-state index is 5.02. The summed E-state index contributed by atoms with van der Waals surface area (Å²) >= 11 is 0. The highest BCUT2D eigenvalue weighted by molar-refractivity contribution is 6.18. The highest BCUT2D eigenvalue weighted by atomic mass is 15.0. The SMILES string of the molecule is c1ccc(-c2nc(-c3ccccc3)nc(-c3ccc(-c4ccc5c(ccc6c7ccccc7ccc56)c4)c4ccccc34)n2)cc1. The lowest BCUT2D eigenvalue weighted by Gasteiger charge is -2.14. The van der Waals surface area contributed by atoms with Crippen molar-refractivity contribution in [3.8, 4) is 45.3 Å². The Bertz CT molecular complexity index is 2520. The van der Waals surface area contributed by atoms with E-state index in [0.29, 0.717) is 17.5 Å². The van der Waals surface area contributed by atoms with Gasteiger partial charge in [0.2, 0.25) is 0 Å².